The third-order valence-electron chi connectivity index (χ3n) is 3.20. The van der Waals surface area contributed by atoms with Crippen LogP contribution in [-0.2, 0) is 19.4 Å². The van der Waals surface area contributed by atoms with Gasteiger partial charge in [-0.2, -0.15) is 0 Å². The minimum absolute atomic E-state index is 0.246. The summed E-state index contributed by atoms with van der Waals surface area (Å²) in [5, 5.41) is 14.3. The van der Waals surface area contributed by atoms with Gasteiger partial charge in [0.1, 0.15) is 11.4 Å². The Morgan fingerprint density at radius 3 is 3.11 bits per heavy atom. The van der Waals surface area contributed by atoms with E-state index in [1.165, 1.54) is 11.3 Å². The predicted molar refractivity (Wildman–Crippen MR) is 72.7 cm³/mol. The zero-order valence-electron chi connectivity index (χ0n) is 10.2. The van der Waals surface area contributed by atoms with E-state index in [1.54, 1.807) is 11.6 Å². The van der Waals surface area contributed by atoms with Crippen LogP contribution in [0.3, 0.4) is 0 Å². The van der Waals surface area contributed by atoms with Crippen LogP contribution in [0.4, 0.5) is 5.82 Å². The Balaban J connectivity index is 1.88. The molecule has 2 aromatic rings. The molecule has 98 valence electrons. The second-order valence-corrected chi connectivity index (χ2v) is 5.20. The number of carbonyl (C=O) groups is 1. The molecule has 2 N–H and O–H groups in total. The normalized spacial score (nSPS) is 13.3. The lowest BCUT2D eigenvalue weighted by atomic mass is 10.1. The van der Waals surface area contributed by atoms with Gasteiger partial charge < -0.3 is 10.4 Å². The molecule has 1 aliphatic carbocycles. The first-order valence-corrected chi connectivity index (χ1v) is 7.05. The van der Waals surface area contributed by atoms with Crippen molar-refractivity contribution < 1.29 is 9.90 Å². The lowest BCUT2D eigenvalue weighted by molar-refractivity contribution is 0.0697. The van der Waals surface area contributed by atoms with Crippen LogP contribution in [0.2, 0.25) is 0 Å². The number of rotatable bonds is 4. The van der Waals surface area contributed by atoms with Crippen molar-refractivity contribution >= 4 is 23.1 Å². The molecule has 0 atom stereocenters. The number of aryl methyl sites for hydroxylation is 2. The number of carboxylic acid groups (broad SMARTS) is 1. The van der Waals surface area contributed by atoms with Crippen LogP contribution in [0.15, 0.2) is 17.0 Å². The van der Waals surface area contributed by atoms with Crippen molar-refractivity contribution in [2.45, 2.75) is 25.8 Å². The summed E-state index contributed by atoms with van der Waals surface area (Å²) < 4.78 is 0. The molecule has 0 saturated carbocycles. The minimum atomic E-state index is -0.942. The van der Waals surface area contributed by atoms with Crippen LogP contribution in [-0.4, -0.2) is 21.0 Å². The SMILES string of the molecule is O=C(O)c1cc2c(nc1NCc1cscn1)CCC2. The van der Waals surface area contributed by atoms with Crippen molar-refractivity contribution in [3.8, 4) is 0 Å². The van der Waals surface area contributed by atoms with Crippen molar-refractivity contribution in [2.75, 3.05) is 5.32 Å². The number of anilines is 1. The minimum Gasteiger partial charge on any atom is -0.478 e. The van der Waals surface area contributed by atoms with Crippen molar-refractivity contribution in [1.82, 2.24) is 9.97 Å². The standard InChI is InChI=1S/C13H13N3O2S/c17-13(18)10-4-8-2-1-3-11(8)16-12(10)14-5-9-6-19-7-15-9/h4,6-7H,1-3,5H2,(H,14,16)(H,17,18). The van der Waals surface area contributed by atoms with Gasteiger partial charge in [-0.1, -0.05) is 0 Å². The van der Waals surface area contributed by atoms with E-state index in [1.807, 2.05) is 5.38 Å². The Hall–Kier alpha value is -1.95. The molecule has 0 spiro atoms. The number of hydrogen-bond donors (Lipinski definition) is 2. The van der Waals surface area contributed by atoms with E-state index in [-0.39, 0.29) is 5.56 Å². The van der Waals surface area contributed by atoms with Crippen molar-refractivity contribution in [1.29, 1.82) is 0 Å². The van der Waals surface area contributed by atoms with E-state index in [2.05, 4.69) is 15.3 Å². The zero-order valence-corrected chi connectivity index (χ0v) is 11.0. The summed E-state index contributed by atoms with van der Waals surface area (Å²) in [6.07, 6.45) is 2.91. The quantitative estimate of drug-likeness (QED) is 0.895. The molecule has 0 bridgehead atoms. The van der Waals surface area contributed by atoms with Gasteiger partial charge in [-0.15, -0.1) is 11.3 Å². The summed E-state index contributed by atoms with van der Waals surface area (Å²) in [5.41, 5.74) is 4.98. The topological polar surface area (TPSA) is 75.1 Å². The van der Waals surface area contributed by atoms with E-state index >= 15 is 0 Å². The molecule has 0 saturated heterocycles. The summed E-state index contributed by atoms with van der Waals surface area (Å²) in [5.74, 6) is -0.496. The highest BCUT2D eigenvalue weighted by atomic mass is 32.1. The van der Waals surface area contributed by atoms with Gasteiger partial charge in [-0.25, -0.2) is 14.8 Å². The fraction of sp³-hybridized carbons (Fsp3) is 0.308. The van der Waals surface area contributed by atoms with Gasteiger partial charge in [-0.3, -0.25) is 0 Å². The van der Waals surface area contributed by atoms with Gasteiger partial charge in [0.2, 0.25) is 0 Å². The number of pyridine rings is 1. The molecule has 0 unspecified atom stereocenters. The van der Waals surface area contributed by atoms with Gasteiger partial charge in [0.15, 0.2) is 0 Å². The van der Waals surface area contributed by atoms with Crippen LogP contribution in [0.1, 0.15) is 33.7 Å². The highest BCUT2D eigenvalue weighted by molar-refractivity contribution is 7.07. The third-order valence-corrected chi connectivity index (χ3v) is 3.84. The highest BCUT2D eigenvalue weighted by Gasteiger charge is 2.19. The number of aromatic nitrogens is 2. The summed E-state index contributed by atoms with van der Waals surface area (Å²) >= 11 is 1.52. The monoisotopic (exact) mass is 275 g/mol. The third kappa shape index (κ3) is 2.44. The summed E-state index contributed by atoms with van der Waals surface area (Å²) in [7, 11) is 0. The second-order valence-electron chi connectivity index (χ2n) is 4.48. The van der Waals surface area contributed by atoms with Gasteiger partial charge in [0.05, 0.1) is 17.7 Å². The molecule has 6 heteroatoms. The number of fused-ring (bicyclic) bond motifs is 1. The Morgan fingerprint density at radius 2 is 2.37 bits per heavy atom. The van der Waals surface area contributed by atoms with E-state index in [0.29, 0.717) is 12.4 Å². The van der Waals surface area contributed by atoms with Gasteiger partial charge in [-0.05, 0) is 30.9 Å². The smallest absolute Gasteiger partial charge is 0.339 e. The lowest BCUT2D eigenvalue weighted by Crippen LogP contribution is -2.10. The molecule has 1 aliphatic rings. The number of nitrogens with zero attached hydrogens (tertiary/aromatic N) is 2. The van der Waals surface area contributed by atoms with Crippen molar-refractivity contribution in [2.24, 2.45) is 0 Å². The first-order chi connectivity index (χ1) is 9.24. The lowest BCUT2D eigenvalue weighted by Gasteiger charge is -2.10. The Kier molecular flexibility index (Phi) is 3.16. The average molecular weight is 275 g/mol. The van der Waals surface area contributed by atoms with Crippen LogP contribution < -0.4 is 5.32 Å². The van der Waals surface area contributed by atoms with Crippen LogP contribution in [0.25, 0.3) is 0 Å². The molecule has 5 nitrogen and oxygen atoms in total. The van der Waals surface area contributed by atoms with Gasteiger partial charge in [0.25, 0.3) is 0 Å². The van der Waals surface area contributed by atoms with Crippen LogP contribution in [0, 0.1) is 0 Å². The fourth-order valence-corrected chi connectivity index (χ4v) is 2.83. The molecule has 2 heterocycles. The molecule has 0 fully saturated rings. The Labute approximate surface area is 114 Å². The Morgan fingerprint density at radius 1 is 1.47 bits per heavy atom. The van der Waals surface area contributed by atoms with E-state index < -0.39 is 5.97 Å². The van der Waals surface area contributed by atoms with Gasteiger partial charge >= 0.3 is 5.97 Å². The number of nitrogens with one attached hydrogen (secondary N) is 1. The number of carboxylic acids is 1. The molecule has 19 heavy (non-hydrogen) atoms. The summed E-state index contributed by atoms with van der Waals surface area (Å²) in [6.45, 7) is 0.496. The largest absolute Gasteiger partial charge is 0.478 e. The van der Waals surface area contributed by atoms with E-state index in [4.69, 9.17) is 0 Å². The molecule has 2 aromatic heterocycles. The summed E-state index contributed by atoms with van der Waals surface area (Å²) in [6, 6.07) is 1.75. The average Bonchev–Trinajstić information content (AvgIpc) is 3.05. The maximum atomic E-state index is 11.3. The number of thiazole rings is 1. The highest BCUT2D eigenvalue weighted by Crippen LogP contribution is 2.25. The maximum Gasteiger partial charge on any atom is 0.339 e. The number of aromatic carboxylic acids is 1. The Bertz CT molecular complexity index is 611. The second kappa shape index (κ2) is 4.97. The van der Waals surface area contributed by atoms with Crippen molar-refractivity contribution in [3.63, 3.8) is 0 Å². The molecule has 0 aromatic carbocycles. The van der Waals surface area contributed by atoms with Gasteiger partial charge in [0, 0.05) is 11.1 Å². The number of hydrogen-bond acceptors (Lipinski definition) is 5. The van der Waals surface area contributed by atoms with E-state index in [9.17, 15) is 9.90 Å². The molecular weight excluding hydrogens is 262 g/mol. The zero-order chi connectivity index (χ0) is 13.2. The van der Waals surface area contributed by atoms with E-state index in [0.717, 1.165) is 36.2 Å². The maximum absolute atomic E-state index is 11.3. The molecule has 0 amide bonds. The first-order valence-electron chi connectivity index (χ1n) is 6.11. The predicted octanol–water partition coefficient (Wildman–Crippen LogP) is 2.34. The summed E-state index contributed by atoms with van der Waals surface area (Å²) in [4.78, 5) is 19.9. The van der Waals surface area contributed by atoms with Crippen molar-refractivity contribution in [3.05, 3.63) is 39.5 Å². The molecule has 0 aliphatic heterocycles. The molecule has 3 rings (SSSR count). The molecule has 0 radical (unpaired) electrons. The fourth-order valence-electron chi connectivity index (χ4n) is 2.27. The first kappa shape index (κ1) is 12.1. The van der Waals surface area contributed by atoms with Crippen LogP contribution >= 0.6 is 11.3 Å². The van der Waals surface area contributed by atoms with Crippen LogP contribution in [0.5, 0.6) is 0 Å². The molecular formula is C13H13N3O2S.